The number of rotatable bonds is 5. The quantitative estimate of drug-likeness (QED) is 0.249. The molecule has 2 aliphatic heterocycles. The van der Waals surface area contributed by atoms with Crippen LogP contribution in [0.5, 0.6) is 0 Å². The minimum Gasteiger partial charge on any atom is -0.461 e. The standard InChI is InChI=1S/C24H30O10/c1-7-12(2)21(28)31-16-10-24(6,33-14(4)26)17(27)8-9-23(5)20(34-23)19-18(16)15(22(29)32-19)11-30-13(3)25/h7,16,19-20H,8-11H2,1-6H3/b12-7-/t16-,19-,20+,23+,24+/m0/s1. The monoisotopic (exact) mass is 478 g/mol. The Balaban J connectivity index is 2.15. The highest BCUT2D eigenvalue weighted by Crippen LogP contribution is 2.50. The van der Waals surface area contributed by atoms with Crippen LogP contribution >= 0.6 is 0 Å². The molecule has 0 aromatic heterocycles. The van der Waals surface area contributed by atoms with Crippen LogP contribution in [0.2, 0.25) is 0 Å². The molecule has 10 nitrogen and oxygen atoms in total. The molecule has 1 aliphatic carbocycles. The highest BCUT2D eigenvalue weighted by Gasteiger charge is 2.63. The average molecular weight is 478 g/mol. The van der Waals surface area contributed by atoms with Crippen molar-refractivity contribution in [1.29, 1.82) is 0 Å². The summed E-state index contributed by atoms with van der Waals surface area (Å²) in [6.07, 6.45) is -1.01. The summed E-state index contributed by atoms with van der Waals surface area (Å²) in [5.41, 5.74) is -1.87. The maximum atomic E-state index is 13.2. The predicted octanol–water partition coefficient (Wildman–Crippen LogP) is 1.88. The molecule has 0 radical (unpaired) electrons. The zero-order chi connectivity index (χ0) is 25.4. The molecule has 3 aliphatic rings. The number of hydrogen-bond acceptors (Lipinski definition) is 10. The van der Waals surface area contributed by atoms with Gasteiger partial charge in [-0.15, -0.1) is 0 Å². The highest BCUT2D eigenvalue weighted by atomic mass is 16.7. The van der Waals surface area contributed by atoms with Crippen molar-refractivity contribution in [3.8, 4) is 0 Å². The van der Waals surface area contributed by atoms with Crippen LogP contribution in [0.25, 0.3) is 0 Å². The van der Waals surface area contributed by atoms with E-state index < -0.39 is 60.0 Å². The summed E-state index contributed by atoms with van der Waals surface area (Å²) in [7, 11) is 0. The van der Waals surface area contributed by atoms with Crippen molar-refractivity contribution in [3.63, 3.8) is 0 Å². The van der Waals surface area contributed by atoms with E-state index in [1.165, 1.54) is 20.8 Å². The molecular formula is C24H30O10. The zero-order valence-corrected chi connectivity index (χ0v) is 20.2. The van der Waals surface area contributed by atoms with Crippen LogP contribution in [-0.2, 0) is 47.7 Å². The molecule has 3 rings (SSSR count). The molecule has 0 aromatic rings. The van der Waals surface area contributed by atoms with Gasteiger partial charge in [-0.25, -0.2) is 9.59 Å². The number of hydrogen-bond donors (Lipinski definition) is 0. The lowest BCUT2D eigenvalue weighted by molar-refractivity contribution is -0.169. The first-order valence-corrected chi connectivity index (χ1v) is 11.1. The maximum Gasteiger partial charge on any atom is 0.338 e. The highest BCUT2D eigenvalue weighted by molar-refractivity contribution is 5.95. The van der Waals surface area contributed by atoms with E-state index in [1.54, 1.807) is 26.8 Å². The van der Waals surface area contributed by atoms with Gasteiger partial charge >= 0.3 is 23.9 Å². The van der Waals surface area contributed by atoms with Crippen LogP contribution < -0.4 is 0 Å². The van der Waals surface area contributed by atoms with Gasteiger partial charge in [-0.05, 0) is 34.1 Å². The van der Waals surface area contributed by atoms with Crippen molar-refractivity contribution >= 4 is 29.7 Å². The Hall–Kier alpha value is -3.01. The van der Waals surface area contributed by atoms with E-state index in [2.05, 4.69) is 0 Å². The Morgan fingerprint density at radius 3 is 2.38 bits per heavy atom. The fourth-order valence-electron chi connectivity index (χ4n) is 4.36. The number of carbonyl (C=O) groups excluding carboxylic acids is 5. The number of carbonyl (C=O) groups is 5. The summed E-state index contributed by atoms with van der Waals surface area (Å²) in [5, 5.41) is 0. The van der Waals surface area contributed by atoms with Crippen LogP contribution in [0, 0.1) is 0 Å². The molecule has 1 saturated heterocycles. The summed E-state index contributed by atoms with van der Waals surface area (Å²) in [4.78, 5) is 62.1. The predicted molar refractivity (Wildman–Crippen MR) is 115 cm³/mol. The number of allylic oxidation sites excluding steroid dienone is 1. The Bertz CT molecular complexity index is 992. The molecule has 0 N–H and O–H groups in total. The minimum atomic E-state index is -1.64. The molecule has 1 saturated carbocycles. The lowest BCUT2D eigenvalue weighted by atomic mass is 9.80. The molecule has 10 heteroatoms. The van der Waals surface area contributed by atoms with E-state index in [1.807, 2.05) is 0 Å². The number of esters is 4. The molecule has 0 spiro atoms. The first kappa shape index (κ1) is 25.6. The molecule has 34 heavy (non-hydrogen) atoms. The third-order valence-electron chi connectivity index (χ3n) is 6.50. The van der Waals surface area contributed by atoms with Gasteiger partial charge in [-0.2, -0.15) is 0 Å². The lowest BCUT2D eigenvalue weighted by Crippen LogP contribution is -2.47. The molecule has 0 bridgehead atoms. The summed E-state index contributed by atoms with van der Waals surface area (Å²) in [6.45, 7) is 8.43. The molecule has 2 heterocycles. The van der Waals surface area contributed by atoms with Crippen molar-refractivity contribution in [1.82, 2.24) is 0 Å². The Labute approximate surface area is 197 Å². The third kappa shape index (κ3) is 5.06. The van der Waals surface area contributed by atoms with Gasteiger partial charge in [0, 0.05) is 37.8 Å². The van der Waals surface area contributed by atoms with Gasteiger partial charge in [0.15, 0.2) is 17.5 Å². The van der Waals surface area contributed by atoms with Crippen LogP contribution in [0.1, 0.15) is 60.8 Å². The molecular weight excluding hydrogens is 448 g/mol. The second-order valence-corrected chi connectivity index (χ2v) is 9.21. The Morgan fingerprint density at radius 2 is 1.79 bits per heavy atom. The molecule has 5 atom stereocenters. The van der Waals surface area contributed by atoms with E-state index in [0.29, 0.717) is 12.0 Å². The van der Waals surface area contributed by atoms with Crippen LogP contribution in [0.4, 0.5) is 0 Å². The average Bonchev–Trinajstić information content (AvgIpc) is 3.30. The normalized spacial score (nSPS) is 33.4. The van der Waals surface area contributed by atoms with Gasteiger partial charge in [0.25, 0.3) is 0 Å². The SMILES string of the molecule is C/C=C(/C)C(=O)O[C@H]1C[C@@](C)(OC(C)=O)C(=O)CC[C@@]2(C)O[C@@H]2[C@H]2OC(=O)C(COC(C)=O)=C12. The summed E-state index contributed by atoms with van der Waals surface area (Å²) >= 11 is 0. The largest absolute Gasteiger partial charge is 0.461 e. The van der Waals surface area contributed by atoms with Crippen LogP contribution in [0.15, 0.2) is 22.8 Å². The number of ketones is 1. The van der Waals surface area contributed by atoms with Gasteiger partial charge in [-0.3, -0.25) is 14.4 Å². The first-order valence-electron chi connectivity index (χ1n) is 11.1. The van der Waals surface area contributed by atoms with Crippen LogP contribution in [-0.4, -0.2) is 65.8 Å². The zero-order valence-electron chi connectivity index (χ0n) is 20.2. The molecule has 0 aromatic carbocycles. The number of Topliss-reactive ketones (excluding diaryl/α,β-unsaturated/α-hetero) is 1. The van der Waals surface area contributed by atoms with Gasteiger partial charge in [-0.1, -0.05) is 6.08 Å². The van der Waals surface area contributed by atoms with E-state index in [4.69, 9.17) is 23.7 Å². The summed E-state index contributed by atoms with van der Waals surface area (Å²) < 4.78 is 27.7. The second kappa shape index (κ2) is 9.32. The van der Waals surface area contributed by atoms with Gasteiger partial charge in [0.05, 0.1) is 11.2 Å². The van der Waals surface area contributed by atoms with E-state index in [0.717, 1.165) is 0 Å². The molecule has 2 fully saturated rings. The fourth-order valence-corrected chi connectivity index (χ4v) is 4.36. The van der Waals surface area contributed by atoms with Gasteiger partial charge in [0.1, 0.15) is 18.8 Å². The van der Waals surface area contributed by atoms with Crippen LogP contribution in [0.3, 0.4) is 0 Å². The third-order valence-corrected chi connectivity index (χ3v) is 6.50. The minimum absolute atomic E-state index is 0.00665. The van der Waals surface area contributed by atoms with Crippen molar-refractivity contribution in [2.45, 2.75) is 90.3 Å². The Kier molecular flexibility index (Phi) is 7.02. The van der Waals surface area contributed by atoms with Crippen molar-refractivity contribution in [2.75, 3.05) is 6.61 Å². The van der Waals surface area contributed by atoms with Gasteiger partial charge < -0.3 is 23.7 Å². The van der Waals surface area contributed by atoms with E-state index in [9.17, 15) is 24.0 Å². The first-order chi connectivity index (χ1) is 15.8. The fraction of sp³-hybridized carbons (Fsp3) is 0.625. The van der Waals surface area contributed by atoms with E-state index in [-0.39, 0.29) is 29.8 Å². The van der Waals surface area contributed by atoms with Crippen molar-refractivity contribution in [2.24, 2.45) is 0 Å². The van der Waals surface area contributed by atoms with Crippen molar-refractivity contribution in [3.05, 3.63) is 22.8 Å². The lowest BCUT2D eigenvalue weighted by Gasteiger charge is -2.34. The number of epoxide rings is 1. The van der Waals surface area contributed by atoms with E-state index >= 15 is 0 Å². The summed E-state index contributed by atoms with van der Waals surface area (Å²) in [5.74, 6) is -3.08. The topological polar surface area (TPSA) is 135 Å². The second-order valence-electron chi connectivity index (χ2n) is 9.21. The maximum absolute atomic E-state index is 13.2. The Morgan fingerprint density at radius 1 is 1.12 bits per heavy atom. The molecule has 0 amide bonds. The van der Waals surface area contributed by atoms with Gasteiger partial charge in [0.2, 0.25) is 0 Å². The molecule has 186 valence electrons. The number of fused-ring (bicyclic) bond motifs is 3. The smallest absolute Gasteiger partial charge is 0.338 e. The van der Waals surface area contributed by atoms with Crippen molar-refractivity contribution < 1.29 is 47.7 Å². The number of ether oxygens (including phenoxy) is 5. The molecule has 0 unspecified atom stereocenters. The summed E-state index contributed by atoms with van der Waals surface area (Å²) in [6, 6.07) is 0.